The number of alkyl halides is 3. The molecule has 0 atom stereocenters. The Balaban J connectivity index is 2.96. The van der Waals surface area contributed by atoms with Crippen LogP contribution < -0.4 is 5.32 Å². The van der Waals surface area contributed by atoms with Crippen LogP contribution in [0.25, 0.3) is 10.9 Å². The number of halogens is 4. The number of anilines is 1. The average molecular weight is 289 g/mol. The molecule has 0 unspecified atom stereocenters. The van der Waals surface area contributed by atoms with Crippen LogP contribution in [0.3, 0.4) is 0 Å². The molecule has 1 aromatic carbocycles. The molecule has 0 saturated heterocycles. The first-order chi connectivity index (χ1) is 8.77. The zero-order valence-electron chi connectivity index (χ0n) is 10.6. The van der Waals surface area contributed by atoms with Gasteiger partial charge in [-0.1, -0.05) is 11.6 Å². The molecule has 0 aliphatic carbocycles. The normalized spacial score (nSPS) is 11.9. The predicted octanol–water partition coefficient (Wildman–Crippen LogP) is 4.57. The summed E-state index contributed by atoms with van der Waals surface area (Å²) in [5.74, 6) is 0. The van der Waals surface area contributed by atoms with E-state index in [1.54, 1.807) is 26.1 Å². The van der Waals surface area contributed by atoms with Crippen molar-refractivity contribution in [2.45, 2.75) is 20.0 Å². The van der Waals surface area contributed by atoms with Crippen LogP contribution in [0.4, 0.5) is 18.9 Å². The van der Waals surface area contributed by atoms with Gasteiger partial charge in [-0.15, -0.1) is 0 Å². The van der Waals surface area contributed by atoms with Gasteiger partial charge >= 0.3 is 6.18 Å². The van der Waals surface area contributed by atoms with Crippen molar-refractivity contribution in [1.29, 1.82) is 0 Å². The maximum Gasteiger partial charge on any atom is 0.433 e. The molecule has 0 spiro atoms. The second-order valence-electron chi connectivity index (χ2n) is 4.28. The van der Waals surface area contributed by atoms with Gasteiger partial charge in [0.15, 0.2) is 0 Å². The first kappa shape index (κ1) is 13.9. The zero-order chi connectivity index (χ0) is 14.4. The minimum absolute atomic E-state index is 0.0872. The number of nitrogens with zero attached hydrogens (tertiary/aromatic N) is 1. The zero-order valence-corrected chi connectivity index (χ0v) is 11.4. The third-order valence-electron chi connectivity index (χ3n) is 3.11. The summed E-state index contributed by atoms with van der Waals surface area (Å²) < 4.78 is 39.0. The molecule has 0 aliphatic heterocycles. The van der Waals surface area contributed by atoms with Crippen molar-refractivity contribution in [2.75, 3.05) is 12.4 Å². The number of fused-ring (bicyclic) bond motifs is 1. The molecule has 6 heteroatoms. The Morgan fingerprint density at radius 1 is 1.16 bits per heavy atom. The molecule has 0 fully saturated rings. The second kappa shape index (κ2) is 4.56. The molecule has 2 aromatic rings. The van der Waals surface area contributed by atoms with Crippen molar-refractivity contribution in [2.24, 2.45) is 0 Å². The Labute approximate surface area is 113 Å². The van der Waals surface area contributed by atoms with E-state index in [1.165, 1.54) is 6.92 Å². The largest absolute Gasteiger partial charge is 0.433 e. The van der Waals surface area contributed by atoms with Gasteiger partial charge in [0.05, 0.1) is 5.52 Å². The van der Waals surface area contributed by atoms with E-state index < -0.39 is 11.9 Å². The highest BCUT2D eigenvalue weighted by Gasteiger charge is 2.36. The lowest BCUT2D eigenvalue weighted by Gasteiger charge is -2.17. The number of nitrogens with one attached hydrogen (secondary N) is 1. The summed E-state index contributed by atoms with van der Waals surface area (Å²) in [4.78, 5) is 3.77. The molecule has 0 amide bonds. The number of hydrogen-bond acceptors (Lipinski definition) is 2. The van der Waals surface area contributed by atoms with Crippen LogP contribution >= 0.6 is 11.6 Å². The molecule has 0 bridgehead atoms. The van der Waals surface area contributed by atoms with Crippen LogP contribution in [0, 0.1) is 13.8 Å². The van der Waals surface area contributed by atoms with Gasteiger partial charge in [0.25, 0.3) is 0 Å². The van der Waals surface area contributed by atoms with E-state index in [0.29, 0.717) is 21.7 Å². The summed E-state index contributed by atoms with van der Waals surface area (Å²) >= 11 is 5.95. The summed E-state index contributed by atoms with van der Waals surface area (Å²) in [5.41, 5.74) is 0.451. The summed E-state index contributed by atoms with van der Waals surface area (Å²) in [6, 6.07) is 3.34. The Hall–Kier alpha value is -1.49. The van der Waals surface area contributed by atoms with Crippen molar-refractivity contribution in [3.8, 4) is 0 Å². The quantitative estimate of drug-likeness (QED) is 0.832. The average Bonchev–Trinajstić information content (AvgIpc) is 2.32. The smallest absolute Gasteiger partial charge is 0.387 e. The van der Waals surface area contributed by atoms with Gasteiger partial charge in [-0.05, 0) is 31.5 Å². The highest BCUT2D eigenvalue weighted by Crippen LogP contribution is 2.38. The fraction of sp³-hybridized carbons (Fsp3) is 0.308. The first-order valence-electron chi connectivity index (χ1n) is 5.61. The molecule has 102 valence electrons. The highest BCUT2D eigenvalue weighted by molar-refractivity contribution is 6.32. The third-order valence-corrected chi connectivity index (χ3v) is 3.52. The van der Waals surface area contributed by atoms with Crippen LogP contribution in [-0.4, -0.2) is 12.0 Å². The van der Waals surface area contributed by atoms with Crippen LogP contribution in [0.1, 0.15) is 16.8 Å². The van der Waals surface area contributed by atoms with E-state index in [2.05, 4.69) is 10.3 Å². The topological polar surface area (TPSA) is 24.9 Å². The van der Waals surface area contributed by atoms with Crippen LogP contribution in [0.2, 0.25) is 5.02 Å². The molecule has 2 nitrogen and oxygen atoms in total. The summed E-state index contributed by atoms with van der Waals surface area (Å²) in [6.45, 7) is 3.07. The Morgan fingerprint density at radius 2 is 1.79 bits per heavy atom. The van der Waals surface area contributed by atoms with Gasteiger partial charge in [-0.3, -0.25) is 0 Å². The SMILES string of the molecule is CNc1c(C)c(C(F)(F)F)nc2c(C)c(Cl)ccc12. The summed E-state index contributed by atoms with van der Waals surface area (Å²) in [6.07, 6.45) is -4.49. The molecule has 1 heterocycles. The molecule has 0 radical (unpaired) electrons. The lowest BCUT2D eigenvalue weighted by Crippen LogP contribution is -2.13. The molecular formula is C13H12ClF3N2. The Morgan fingerprint density at radius 3 is 2.32 bits per heavy atom. The minimum Gasteiger partial charge on any atom is -0.387 e. The van der Waals surface area contributed by atoms with Crippen molar-refractivity contribution < 1.29 is 13.2 Å². The Bertz CT molecular complexity index is 651. The van der Waals surface area contributed by atoms with E-state index in [9.17, 15) is 13.2 Å². The van der Waals surface area contributed by atoms with E-state index in [0.717, 1.165) is 0 Å². The fourth-order valence-corrected chi connectivity index (χ4v) is 2.29. The monoisotopic (exact) mass is 288 g/mol. The minimum atomic E-state index is -4.49. The van der Waals surface area contributed by atoms with Crippen LogP contribution in [-0.2, 0) is 6.18 Å². The highest BCUT2D eigenvalue weighted by atomic mass is 35.5. The van der Waals surface area contributed by atoms with Crippen molar-refractivity contribution >= 4 is 28.2 Å². The van der Waals surface area contributed by atoms with Crippen LogP contribution in [0.15, 0.2) is 12.1 Å². The molecule has 1 aromatic heterocycles. The van der Waals surface area contributed by atoms with E-state index in [4.69, 9.17) is 11.6 Å². The molecule has 2 rings (SSSR count). The number of aryl methyl sites for hydroxylation is 1. The molecule has 0 saturated carbocycles. The van der Waals surface area contributed by atoms with Crippen LogP contribution in [0.5, 0.6) is 0 Å². The maximum atomic E-state index is 13.0. The van der Waals surface area contributed by atoms with E-state index in [-0.39, 0.29) is 11.1 Å². The standard InChI is InChI=1S/C13H12ClF3N2/c1-6-9(14)5-4-8-10(18-3)7(2)12(13(15,16)17)19-11(6)8/h4-5H,1-3H3,(H,18,19). The van der Waals surface area contributed by atoms with E-state index >= 15 is 0 Å². The number of rotatable bonds is 1. The summed E-state index contributed by atoms with van der Waals surface area (Å²) in [5, 5.41) is 3.85. The second-order valence-corrected chi connectivity index (χ2v) is 4.68. The van der Waals surface area contributed by atoms with Crippen molar-refractivity contribution in [3.63, 3.8) is 0 Å². The lowest BCUT2D eigenvalue weighted by atomic mass is 10.0. The molecule has 0 aliphatic rings. The molecular weight excluding hydrogens is 277 g/mol. The number of pyridine rings is 1. The first-order valence-corrected chi connectivity index (χ1v) is 5.99. The summed E-state index contributed by atoms with van der Waals surface area (Å²) in [7, 11) is 1.59. The van der Waals surface area contributed by atoms with Gasteiger partial charge in [-0.25, -0.2) is 4.98 Å². The fourth-order valence-electron chi connectivity index (χ4n) is 2.14. The Kier molecular flexibility index (Phi) is 3.34. The number of benzene rings is 1. The van der Waals surface area contributed by atoms with Crippen molar-refractivity contribution in [1.82, 2.24) is 4.98 Å². The maximum absolute atomic E-state index is 13.0. The number of hydrogen-bond donors (Lipinski definition) is 1. The van der Waals surface area contributed by atoms with Gasteiger partial charge in [0, 0.05) is 28.7 Å². The lowest BCUT2D eigenvalue weighted by molar-refractivity contribution is -0.141. The molecule has 1 N–H and O–H groups in total. The van der Waals surface area contributed by atoms with Gasteiger partial charge in [-0.2, -0.15) is 13.2 Å². The predicted molar refractivity (Wildman–Crippen MR) is 70.8 cm³/mol. The van der Waals surface area contributed by atoms with Gasteiger partial charge in [0.1, 0.15) is 5.69 Å². The van der Waals surface area contributed by atoms with Gasteiger partial charge < -0.3 is 5.32 Å². The molecule has 19 heavy (non-hydrogen) atoms. The van der Waals surface area contributed by atoms with Crippen molar-refractivity contribution in [3.05, 3.63) is 34.0 Å². The third kappa shape index (κ3) is 2.23. The number of aromatic nitrogens is 1. The van der Waals surface area contributed by atoms with E-state index in [1.807, 2.05) is 0 Å². The van der Waals surface area contributed by atoms with Gasteiger partial charge in [0.2, 0.25) is 0 Å².